The molecule has 0 heterocycles. The molecule has 1 unspecified atom stereocenters. The van der Waals surface area contributed by atoms with Gasteiger partial charge < -0.3 is 10.1 Å². The van der Waals surface area contributed by atoms with E-state index >= 15 is 0 Å². The van der Waals surface area contributed by atoms with Crippen molar-refractivity contribution >= 4 is 11.7 Å². The van der Waals surface area contributed by atoms with Gasteiger partial charge in [0.25, 0.3) is 5.91 Å². The highest BCUT2D eigenvalue weighted by atomic mass is 16.5. The third-order valence-electron chi connectivity index (χ3n) is 2.75. The molecule has 1 N–H and O–H groups in total. The molecule has 0 aromatic heterocycles. The van der Waals surface area contributed by atoms with Crippen LogP contribution >= 0.6 is 0 Å². The van der Waals surface area contributed by atoms with Crippen molar-refractivity contribution in [3.05, 3.63) is 29.8 Å². The van der Waals surface area contributed by atoms with Gasteiger partial charge in [0.2, 0.25) is 0 Å². The Morgan fingerprint density at radius 3 is 2.68 bits per heavy atom. The fourth-order valence-electron chi connectivity index (χ4n) is 1.61. The second-order valence-corrected chi connectivity index (χ2v) is 4.39. The Hall–Kier alpha value is -1.84. The van der Waals surface area contributed by atoms with Gasteiger partial charge in [0.05, 0.1) is 12.6 Å². The molecule has 0 spiro atoms. The first kappa shape index (κ1) is 15.2. The van der Waals surface area contributed by atoms with Crippen LogP contribution in [-0.4, -0.2) is 24.3 Å². The summed E-state index contributed by atoms with van der Waals surface area (Å²) in [5.41, 5.74) is 0.504. The number of carbonyl (C=O) groups excluding carboxylic acids is 2. The van der Waals surface area contributed by atoms with E-state index in [9.17, 15) is 9.59 Å². The normalized spacial score (nSPS) is 11.7. The van der Waals surface area contributed by atoms with Gasteiger partial charge in [0.15, 0.2) is 5.78 Å². The van der Waals surface area contributed by atoms with E-state index in [4.69, 9.17) is 4.74 Å². The highest BCUT2D eigenvalue weighted by Crippen LogP contribution is 2.13. The molecule has 4 nitrogen and oxygen atoms in total. The monoisotopic (exact) mass is 263 g/mol. The number of amides is 1. The summed E-state index contributed by atoms with van der Waals surface area (Å²) in [7, 11) is 0. The van der Waals surface area contributed by atoms with Crippen LogP contribution in [-0.2, 0) is 4.79 Å². The van der Waals surface area contributed by atoms with Crippen molar-refractivity contribution in [2.45, 2.75) is 39.7 Å². The molecule has 104 valence electrons. The number of hydrogen-bond acceptors (Lipinski definition) is 3. The number of Topliss-reactive ketones (excluding diaryl/α,β-unsaturated/α-hetero) is 1. The van der Waals surface area contributed by atoms with Gasteiger partial charge in [0.1, 0.15) is 5.75 Å². The van der Waals surface area contributed by atoms with E-state index in [2.05, 4.69) is 5.32 Å². The number of ketones is 1. The third-order valence-corrected chi connectivity index (χ3v) is 2.75. The van der Waals surface area contributed by atoms with Gasteiger partial charge in [-0.2, -0.15) is 0 Å². The van der Waals surface area contributed by atoms with Crippen LogP contribution in [0.1, 0.15) is 44.0 Å². The lowest BCUT2D eigenvalue weighted by Gasteiger charge is -2.12. The van der Waals surface area contributed by atoms with Crippen LogP contribution in [0.25, 0.3) is 0 Å². The fraction of sp³-hybridized carbons (Fsp3) is 0.467. The van der Waals surface area contributed by atoms with Crippen molar-refractivity contribution in [1.29, 1.82) is 0 Å². The summed E-state index contributed by atoms with van der Waals surface area (Å²) in [6.45, 7) is 6.12. The first-order valence-electron chi connectivity index (χ1n) is 6.64. The summed E-state index contributed by atoms with van der Waals surface area (Å²) in [4.78, 5) is 23.4. The Kier molecular flexibility index (Phi) is 6.06. The zero-order valence-electron chi connectivity index (χ0n) is 11.7. The molecule has 0 aliphatic rings. The van der Waals surface area contributed by atoms with Crippen molar-refractivity contribution in [1.82, 2.24) is 5.32 Å². The third kappa shape index (κ3) is 4.73. The highest BCUT2D eigenvalue weighted by molar-refractivity contribution is 5.98. The molecule has 1 aromatic rings. The van der Waals surface area contributed by atoms with Gasteiger partial charge in [-0.25, -0.2) is 0 Å². The molecule has 0 aliphatic heterocycles. The summed E-state index contributed by atoms with van der Waals surface area (Å²) in [6, 6.07) is 6.52. The maximum Gasteiger partial charge on any atom is 0.251 e. The molecular formula is C15H21NO3. The fourth-order valence-corrected chi connectivity index (χ4v) is 1.61. The predicted octanol–water partition coefficient (Wildman–Crippen LogP) is 2.57. The summed E-state index contributed by atoms with van der Waals surface area (Å²) >= 11 is 0. The van der Waals surface area contributed by atoms with Crippen molar-refractivity contribution in [2.75, 3.05) is 6.61 Å². The van der Waals surface area contributed by atoms with E-state index < -0.39 is 6.04 Å². The van der Waals surface area contributed by atoms with E-state index in [1.807, 2.05) is 13.0 Å². The van der Waals surface area contributed by atoms with Gasteiger partial charge >= 0.3 is 0 Å². The average Bonchev–Trinajstić information content (AvgIpc) is 2.44. The smallest absolute Gasteiger partial charge is 0.251 e. The predicted molar refractivity (Wildman–Crippen MR) is 74.5 cm³/mol. The van der Waals surface area contributed by atoms with Crippen molar-refractivity contribution in [2.24, 2.45) is 0 Å². The van der Waals surface area contributed by atoms with E-state index in [0.29, 0.717) is 24.3 Å². The van der Waals surface area contributed by atoms with Crippen LogP contribution in [0.3, 0.4) is 0 Å². The Morgan fingerprint density at radius 1 is 1.32 bits per heavy atom. The molecule has 4 heteroatoms. The topological polar surface area (TPSA) is 55.4 Å². The number of nitrogens with one attached hydrogen (secondary N) is 1. The standard InChI is InChI=1S/C15H21NO3/c1-4-9-19-13-8-6-7-12(10-13)15(18)16-11(3)14(17)5-2/h6-8,10-11H,4-5,9H2,1-3H3,(H,16,18). The number of carbonyl (C=O) groups is 2. The summed E-state index contributed by atoms with van der Waals surface area (Å²) in [5.74, 6) is 0.437. The molecule has 1 atom stereocenters. The minimum absolute atomic E-state index is 0.0201. The summed E-state index contributed by atoms with van der Waals surface area (Å²) in [5, 5.41) is 2.69. The number of benzene rings is 1. The second kappa shape index (κ2) is 7.56. The van der Waals surface area contributed by atoms with E-state index in [0.717, 1.165) is 6.42 Å². The summed E-state index contributed by atoms with van der Waals surface area (Å²) in [6.07, 6.45) is 1.33. The van der Waals surface area contributed by atoms with Crippen LogP contribution in [0, 0.1) is 0 Å². The maximum atomic E-state index is 12.0. The molecule has 0 bridgehead atoms. The minimum Gasteiger partial charge on any atom is -0.494 e. The molecule has 0 fully saturated rings. The van der Waals surface area contributed by atoms with E-state index in [1.54, 1.807) is 32.0 Å². The molecule has 1 aromatic carbocycles. The second-order valence-electron chi connectivity index (χ2n) is 4.39. The van der Waals surface area contributed by atoms with Gasteiger partial charge in [-0.15, -0.1) is 0 Å². The maximum absolute atomic E-state index is 12.0. The lowest BCUT2D eigenvalue weighted by molar-refractivity contribution is -0.120. The van der Waals surface area contributed by atoms with Crippen LogP contribution in [0.5, 0.6) is 5.75 Å². The summed E-state index contributed by atoms with van der Waals surface area (Å²) < 4.78 is 5.47. The average molecular weight is 263 g/mol. The number of hydrogen-bond donors (Lipinski definition) is 1. The first-order valence-corrected chi connectivity index (χ1v) is 6.64. The molecule has 0 radical (unpaired) electrons. The lowest BCUT2D eigenvalue weighted by atomic mass is 10.1. The highest BCUT2D eigenvalue weighted by Gasteiger charge is 2.15. The molecule has 1 amide bonds. The zero-order valence-corrected chi connectivity index (χ0v) is 11.7. The van der Waals surface area contributed by atoms with Gasteiger partial charge in [0, 0.05) is 12.0 Å². The van der Waals surface area contributed by atoms with Crippen molar-refractivity contribution in [3.8, 4) is 5.75 Å². The Balaban J connectivity index is 2.68. The van der Waals surface area contributed by atoms with Crippen LogP contribution in [0.15, 0.2) is 24.3 Å². The zero-order chi connectivity index (χ0) is 14.3. The number of ether oxygens (including phenoxy) is 1. The molecule has 1 rings (SSSR count). The molecule has 0 aliphatic carbocycles. The lowest BCUT2D eigenvalue weighted by Crippen LogP contribution is -2.38. The Labute approximate surface area is 114 Å². The van der Waals surface area contributed by atoms with Gasteiger partial charge in [-0.1, -0.05) is 19.9 Å². The molecule has 19 heavy (non-hydrogen) atoms. The Morgan fingerprint density at radius 2 is 2.05 bits per heavy atom. The minimum atomic E-state index is -0.460. The SMILES string of the molecule is CCCOc1cccc(C(=O)NC(C)C(=O)CC)c1. The molecular weight excluding hydrogens is 242 g/mol. The van der Waals surface area contributed by atoms with Crippen molar-refractivity contribution in [3.63, 3.8) is 0 Å². The Bertz CT molecular complexity index is 443. The molecule has 0 saturated heterocycles. The van der Waals surface area contributed by atoms with Gasteiger partial charge in [-0.3, -0.25) is 9.59 Å². The van der Waals surface area contributed by atoms with Crippen LogP contribution in [0.4, 0.5) is 0 Å². The van der Waals surface area contributed by atoms with E-state index in [1.165, 1.54) is 0 Å². The quantitative estimate of drug-likeness (QED) is 0.822. The largest absolute Gasteiger partial charge is 0.494 e. The number of rotatable bonds is 7. The van der Waals surface area contributed by atoms with Gasteiger partial charge in [-0.05, 0) is 31.5 Å². The van der Waals surface area contributed by atoms with Crippen molar-refractivity contribution < 1.29 is 14.3 Å². The first-order chi connectivity index (χ1) is 9.08. The van der Waals surface area contributed by atoms with E-state index in [-0.39, 0.29) is 11.7 Å². The molecule has 0 saturated carbocycles. The van der Waals surface area contributed by atoms with Crippen LogP contribution in [0.2, 0.25) is 0 Å². The van der Waals surface area contributed by atoms with Crippen LogP contribution < -0.4 is 10.1 Å².